The number of rotatable bonds is 14. The highest BCUT2D eigenvalue weighted by Gasteiger charge is 2.23. The minimum atomic E-state index is -0.643. The van der Waals surface area contributed by atoms with Gasteiger partial charge in [-0.2, -0.15) is 5.10 Å². The van der Waals surface area contributed by atoms with Crippen molar-refractivity contribution in [1.29, 1.82) is 0 Å². The molecule has 0 spiro atoms. The van der Waals surface area contributed by atoms with Gasteiger partial charge in [-0.1, -0.05) is 38.0 Å². The summed E-state index contributed by atoms with van der Waals surface area (Å²) in [6.45, 7) is 6.45. The van der Waals surface area contributed by atoms with E-state index in [-0.39, 0.29) is 13.2 Å². The van der Waals surface area contributed by atoms with Gasteiger partial charge in [0.15, 0.2) is 0 Å². The largest absolute Gasteiger partial charge is 0.497 e. The van der Waals surface area contributed by atoms with E-state index in [1.165, 1.54) is 0 Å². The van der Waals surface area contributed by atoms with Crippen LogP contribution in [0.4, 0.5) is 0 Å². The zero-order valence-corrected chi connectivity index (χ0v) is 20.8. The minimum Gasteiger partial charge on any atom is -0.497 e. The summed E-state index contributed by atoms with van der Waals surface area (Å²) in [5.74, 6) is 4.55. The smallest absolute Gasteiger partial charge is 0.227 e. The van der Waals surface area contributed by atoms with Crippen LogP contribution in [-0.4, -0.2) is 59.3 Å². The predicted octanol–water partition coefficient (Wildman–Crippen LogP) is 4.46. The fourth-order valence-corrected chi connectivity index (χ4v) is 3.90. The Kier molecular flexibility index (Phi) is 10.2. The van der Waals surface area contributed by atoms with Crippen LogP contribution >= 0.6 is 0 Å². The van der Waals surface area contributed by atoms with Crippen molar-refractivity contribution >= 4 is 0 Å². The van der Waals surface area contributed by atoms with Gasteiger partial charge < -0.3 is 19.3 Å². The van der Waals surface area contributed by atoms with Crippen molar-refractivity contribution in [3.05, 3.63) is 65.9 Å². The standard InChI is InChI=1S/C28H35N3O4/c1-5-17-30(19-23(32)21-34-18-6-2)20-26-27(7-3)29-31(22-11-9-8-10-12-22)28(26)35-25-15-13-24(33-4)14-16-25/h2,8-16,23,32H,5,7,17-21H2,1,3-4H3/t23-/m0/s1. The normalized spacial score (nSPS) is 11.9. The number of terminal acetylenes is 1. The van der Waals surface area contributed by atoms with E-state index in [1.807, 2.05) is 59.3 Å². The van der Waals surface area contributed by atoms with E-state index >= 15 is 0 Å². The zero-order valence-electron chi connectivity index (χ0n) is 20.8. The molecule has 1 aromatic heterocycles. The molecule has 0 aliphatic heterocycles. The number of hydrogen-bond acceptors (Lipinski definition) is 6. The highest BCUT2D eigenvalue weighted by atomic mass is 16.5. The van der Waals surface area contributed by atoms with Crippen LogP contribution in [0.2, 0.25) is 0 Å². The second-order valence-electron chi connectivity index (χ2n) is 8.22. The summed E-state index contributed by atoms with van der Waals surface area (Å²) in [6.07, 6.45) is 6.30. The number of benzene rings is 2. The molecule has 1 heterocycles. The van der Waals surface area contributed by atoms with Crippen molar-refractivity contribution in [3.63, 3.8) is 0 Å². The number of aliphatic hydroxyl groups excluding tert-OH is 1. The van der Waals surface area contributed by atoms with Gasteiger partial charge in [-0.05, 0) is 55.8 Å². The average Bonchev–Trinajstić information content (AvgIpc) is 3.22. The monoisotopic (exact) mass is 477 g/mol. The Hall–Kier alpha value is -3.31. The SMILES string of the molecule is C#CCOC[C@@H](O)CN(CCC)Cc1c(CC)nn(-c2ccccc2)c1Oc1ccc(OC)cc1. The zero-order chi connectivity index (χ0) is 25.0. The number of methoxy groups -OCH3 is 1. The van der Waals surface area contributed by atoms with Crippen LogP contribution in [0.25, 0.3) is 5.69 Å². The molecular weight excluding hydrogens is 442 g/mol. The van der Waals surface area contributed by atoms with Gasteiger partial charge in [0.25, 0.3) is 0 Å². The molecule has 0 radical (unpaired) electrons. The molecule has 186 valence electrons. The number of ether oxygens (including phenoxy) is 3. The lowest BCUT2D eigenvalue weighted by Gasteiger charge is -2.25. The van der Waals surface area contributed by atoms with Gasteiger partial charge in [-0.3, -0.25) is 4.90 Å². The summed E-state index contributed by atoms with van der Waals surface area (Å²) in [6, 6.07) is 17.5. The van der Waals surface area contributed by atoms with Gasteiger partial charge >= 0.3 is 0 Å². The van der Waals surface area contributed by atoms with E-state index in [1.54, 1.807) is 7.11 Å². The molecule has 0 aliphatic rings. The van der Waals surface area contributed by atoms with Crippen molar-refractivity contribution in [1.82, 2.24) is 14.7 Å². The van der Waals surface area contributed by atoms with Gasteiger partial charge in [-0.25, -0.2) is 4.68 Å². The van der Waals surface area contributed by atoms with Crippen LogP contribution in [0.1, 0.15) is 31.5 Å². The summed E-state index contributed by atoms with van der Waals surface area (Å²) < 4.78 is 18.9. The third-order valence-corrected chi connectivity index (χ3v) is 5.52. The first-order valence-electron chi connectivity index (χ1n) is 12.0. The molecule has 0 saturated carbocycles. The van der Waals surface area contributed by atoms with Crippen molar-refractivity contribution in [3.8, 4) is 35.4 Å². The second kappa shape index (κ2) is 13.5. The van der Waals surface area contributed by atoms with E-state index < -0.39 is 6.10 Å². The number of aromatic nitrogens is 2. The summed E-state index contributed by atoms with van der Waals surface area (Å²) in [7, 11) is 1.64. The third-order valence-electron chi connectivity index (χ3n) is 5.52. The topological polar surface area (TPSA) is 69.0 Å². The molecule has 0 unspecified atom stereocenters. The van der Waals surface area contributed by atoms with E-state index in [2.05, 4.69) is 24.7 Å². The molecule has 1 N–H and O–H groups in total. The molecule has 2 aromatic carbocycles. The summed E-state index contributed by atoms with van der Waals surface area (Å²) in [5.41, 5.74) is 2.87. The first-order valence-corrected chi connectivity index (χ1v) is 12.0. The van der Waals surface area contributed by atoms with Crippen molar-refractivity contribution in [2.45, 2.75) is 39.3 Å². The van der Waals surface area contributed by atoms with Crippen LogP contribution in [0.15, 0.2) is 54.6 Å². The van der Waals surface area contributed by atoms with E-state index in [9.17, 15) is 5.11 Å². The van der Waals surface area contributed by atoms with Crippen LogP contribution in [0, 0.1) is 12.3 Å². The van der Waals surface area contributed by atoms with Gasteiger partial charge in [0.2, 0.25) is 5.88 Å². The fraction of sp³-hybridized carbons (Fsp3) is 0.393. The van der Waals surface area contributed by atoms with Crippen molar-refractivity contribution < 1.29 is 19.3 Å². The number of aryl methyl sites for hydroxylation is 1. The Labute approximate surface area is 208 Å². The highest BCUT2D eigenvalue weighted by Crippen LogP contribution is 2.33. The van der Waals surface area contributed by atoms with E-state index in [0.717, 1.165) is 42.1 Å². The van der Waals surface area contributed by atoms with Crippen molar-refractivity contribution in [2.24, 2.45) is 0 Å². The maximum absolute atomic E-state index is 10.5. The molecule has 0 amide bonds. The molecule has 0 aliphatic carbocycles. The van der Waals surface area contributed by atoms with Gasteiger partial charge in [-0.15, -0.1) is 6.42 Å². The predicted molar refractivity (Wildman–Crippen MR) is 137 cm³/mol. The van der Waals surface area contributed by atoms with E-state index in [4.69, 9.17) is 25.7 Å². The van der Waals surface area contributed by atoms with Crippen LogP contribution < -0.4 is 9.47 Å². The lowest BCUT2D eigenvalue weighted by Crippen LogP contribution is -2.35. The average molecular weight is 478 g/mol. The lowest BCUT2D eigenvalue weighted by atomic mass is 10.1. The molecule has 1 atom stereocenters. The van der Waals surface area contributed by atoms with Crippen LogP contribution in [0.3, 0.4) is 0 Å². The summed E-state index contributed by atoms with van der Waals surface area (Å²) in [4.78, 5) is 2.20. The summed E-state index contributed by atoms with van der Waals surface area (Å²) in [5, 5.41) is 15.4. The maximum atomic E-state index is 10.5. The first kappa shape index (κ1) is 26.3. The molecule has 3 aromatic rings. The van der Waals surface area contributed by atoms with Crippen molar-refractivity contribution in [2.75, 3.05) is 33.4 Å². The van der Waals surface area contributed by atoms with Crippen LogP contribution in [0.5, 0.6) is 17.4 Å². The quantitative estimate of drug-likeness (QED) is 0.273. The van der Waals surface area contributed by atoms with Gasteiger partial charge in [0.05, 0.1) is 36.8 Å². The first-order chi connectivity index (χ1) is 17.1. The molecule has 7 nitrogen and oxygen atoms in total. The molecule has 3 rings (SSSR count). The number of hydrogen-bond donors (Lipinski definition) is 1. The summed E-state index contributed by atoms with van der Waals surface area (Å²) >= 11 is 0. The molecule has 7 heteroatoms. The maximum Gasteiger partial charge on any atom is 0.227 e. The molecule has 35 heavy (non-hydrogen) atoms. The Bertz CT molecular complexity index is 1070. The molecule has 0 bridgehead atoms. The Morgan fingerprint density at radius 1 is 1.09 bits per heavy atom. The number of aliphatic hydroxyl groups is 1. The Morgan fingerprint density at radius 2 is 1.80 bits per heavy atom. The minimum absolute atomic E-state index is 0.189. The number of para-hydroxylation sites is 1. The third kappa shape index (κ3) is 7.33. The number of nitrogens with zero attached hydrogens (tertiary/aromatic N) is 3. The highest BCUT2D eigenvalue weighted by molar-refractivity contribution is 5.44. The molecule has 0 saturated heterocycles. The second-order valence-corrected chi connectivity index (χ2v) is 8.22. The van der Waals surface area contributed by atoms with Gasteiger partial charge in [0.1, 0.15) is 18.1 Å². The van der Waals surface area contributed by atoms with Gasteiger partial charge in [0, 0.05) is 13.1 Å². The molecule has 0 fully saturated rings. The fourth-order valence-electron chi connectivity index (χ4n) is 3.90. The lowest BCUT2D eigenvalue weighted by molar-refractivity contribution is 0.0259. The Morgan fingerprint density at radius 3 is 2.43 bits per heavy atom. The Balaban J connectivity index is 1.95. The van der Waals surface area contributed by atoms with Crippen LogP contribution in [-0.2, 0) is 17.7 Å². The van der Waals surface area contributed by atoms with E-state index in [0.29, 0.717) is 24.7 Å². The molecular formula is C28H35N3O4.